The van der Waals surface area contributed by atoms with Crippen molar-refractivity contribution >= 4 is 10.9 Å². The highest BCUT2D eigenvalue weighted by Gasteiger charge is 2.12. The van der Waals surface area contributed by atoms with Crippen molar-refractivity contribution in [2.24, 2.45) is 0 Å². The van der Waals surface area contributed by atoms with Gasteiger partial charge in [0, 0.05) is 23.2 Å². The van der Waals surface area contributed by atoms with Gasteiger partial charge in [-0.25, -0.2) is 9.71 Å². The van der Waals surface area contributed by atoms with Crippen LogP contribution in [0.1, 0.15) is 0 Å². The Kier molecular flexibility index (Phi) is 1.77. The van der Waals surface area contributed by atoms with Crippen LogP contribution in [0.4, 0.5) is 0 Å². The van der Waals surface area contributed by atoms with Gasteiger partial charge in [0.2, 0.25) is 0 Å². The lowest BCUT2D eigenvalue weighted by Gasteiger charge is -2.01. The third kappa shape index (κ3) is 1.20. The summed E-state index contributed by atoms with van der Waals surface area (Å²) < 4.78 is 6.18. The van der Waals surface area contributed by atoms with Crippen LogP contribution in [0.3, 0.4) is 0 Å². The summed E-state index contributed by atoms with van der Waals surface area (Å²) in [5.74, 6) is 0.784. The molecule has 4 nitrogen and oxygen atoms in total. The van der Waals surface area contributed by atoms with Crippen molar-refractivity contribution in [3.63, 3.8) is 0 Å². The van der Waals surface area contributed by atoms with Gasteiger partial charge in [0.05, 0.1) is 24.5 Å². The molecule has 16 heavy (non-hydrogen) atoms. The average molecular weight is 214 g/mol. The summed E-state index contributed by atoms with van der Waals surface area (Å²) in [5.41, 5.74) is 2.68. The van der Waals surface area contributed by atoms with Crippen LogP contribution < -0.4 is 4.74 Å². The lowest BCUT2D eigenvalue weighted by molar-refractivity contribution is 0.185. The van der Waals surface area contributed by atoms with Crippen LogP contribution in [0.5, 0.6) is 5.75 Å². The number of ether oxygens (including phenoxy) is 1. The predicted octanol–water partition coefficient (Wildman–Crippen LogP) is 2.39. The summed E-state index contributed by atoms with van der Waals surface area (Å²) in [6.45, 7) is 0. The van der Waals surface area contributed by atoms with Gasteiger partial charge in [-0.3, -0.25) is 0 Å². The maximum atomic E-state index is 9.37. The third-order valence-electron chi connectivity index (χ3n) is 2.66. The van der Waals surface area contributed by atoms with E-state index in [9.17, 15) is 5.21 Å². The van der Waals surface area contributed by atoms with E-state index in [2.05, 4.69) is 4.98 Å². The highest BCUT2D eigenvalue weighted by atomic mass is 16.5. The molecule has 0 saturated heterocycles. The fraction of sp³-hybridized carbons (Fsp3) is 0.0833. The maximum Gasteiger partial charge on any atom is 0.121 e. The molecule has 0 bridgehead atoms. The smallest absolute Gasteiger partial charge is 0.121 e. The molecular formula is C12H10N2O2. The van der Waals surface area contributed by atoms with Crippen molar-refractivity contribution in [3.8, 4) is 17.0 Å². The van der Waals surface area contributed by atoms with Gasteiger partial charge in [-0.1, -0.05) is 0 Å². The zero-order valence-corrected chi connectivity index (χ0v) is 8.71. The molecule has 0 saturated carbocycles. The predicted molar refractivity (Wildman–Crippen MR) is 60.1 cm³/mol. The highest BCUT2D eigenvalue weighted by Crippen LogP contribution is 2.32. The Morgan fingerprint density at radius 1 is 1.31 bits per heavy atom. The molecule has 80 valence electrons. The summed E-state index contributed by atoms with van der Waals surface area (Å²) in [6.07, 6.45) is 3.21. The molecule has 0 aromatic heterocycles. The molecule has 0 fully saturated rings. The summed E-state index contributed by atoms with van der Waals surface area (Å²) in [5, 5.41) is 10.4. The van der Waals surface area contributed by atoms with Crippen LogP contribution in [0, 0.1) is 0 Å². The first-order valence-corrected chi connectivity index (χ1v) is 4.92. The zero-order chi connectivity index (χ0) is 11.1. The van der Waals surface area contributed by atoms with Crippen LogP contribution in [-0.4, -0.2) is 22.0 Å². The molecule has 0 unspecified atom stereocenters. The van der Waals surface area contributed by atoms with Gasteiger partial charge in [-0.2, -0.15) is 0 Å². The number of fused-ring (bicyclic) bond motifs is 3. The van der Waals surface area contributed by atoms with E-state index < -0.39 is 0 Å². The van der Waals surface area contributed by atoms with Gasteiger partial charge >= 0.3 is 0 Å². The molecule has 0 spiro atoms. The van der Waals surface area contributed by atoms with Crippen molar-refractivity contribution in [2.45, 2.75) is 0 Å². The Balaban J connectivity index is 2.37. The van der Waals surface area contributed by atoms with E-state index in [0.717, 1.165) is 32.6 Å². The van der Waals surface area contributed by atoms with E-state index in [4.69, 9.17) is 4.74 Å². The van der Waals surface area contributed by atoms with Crippen molar-refractivity contribution in [2.75, 3.05) is 7.11 Å². The Hall–Kier alpha value is -2.23. The second-order valence-electron chi connectivity index (χ2n) is 3.62. The Labute approximate surface area is 92.0 Å². The molecule has 1 N–H and O–H groups in total. The number of pyridine rings is 1. The Morgan fingerprint density at radius 2 is 2.19 bits per heavy atom. The van der Waals surface area contributed by atoms with E-state index in [0.29, 0.717) is 0 Å². The number of nitrogens with zero attached hydrogens (tertiary/aromatic N) is 2. The third-order valence-corrected chi connectivity index (χ3v) is 2.66. The number of benzene rings is 1. The molecule has 2 aliphatic rings. The largest absolute Gasteiger partial charge is 0.497 e. The van der Waals surface area contributed by atoms with Crippen LogP contribution in [0.25, 0.3) is 22.2 Å². The van der Waals surface area contributed by atoms with Gasteiger partial charge in [0.25, 0.3) is 0 Å². The standard InChI is InChI=1S/C12H10N2O2/c1-16-8-2-3-9-10-7-14(15)5-4-11(10)13-12(9)6-8/h2-7,15H,1H3. The minimum absolute atomic E-state index is 0.784. The lowest BCUT2D eigenvalue weighted by Crippen LogP contribution is -1.91. The van der Waals surface area contributed by atoms with Crippen LogP contribution >= 0.6 is 0 Å². The van der Waals surface area contributed by atoms with Gasteiger partial charge in [-0.05, 0) is 18.2 Å². The van der Waals surface area contributed by atoms with Gasteiger partial charge < -0.3 is 9.94 Å². The maximum absolute atomic E-state index is 9.37. The fourth-order valence-electron chi connectivity index (χ4n) is 1.87. The summed E-state index contributed by atoms with van der Waals surface area (Å²) in [4.78, 5) is 4.46. The minimum Gasteiger partial charge on any atom is -0.497 e. The summed E-state index contributed by atoms with van der Waals surface area (Å²) in [6, 6.07) is 7.50. The van der Waals surface area contributed by atoms with Gasteiger partial charge in [-0.15, -0.1) is 0 Å². The van der Waals surface area contributed by atoms with Gasteiger partial charge in [0.15, 0.2) is 0 Å². The van der Waals surface area contributed by atoms with Crippen LogP contribution in [-0.2, 0) is 0 Å². The average Bonchev–Trinajstić information content (AvgIpc) is 2.66. The molecule has 0 aliphatic carbocycles. The van der Waals surface area contributed by atoms with Crippen molar-refractivity contribution in [3.05, 3.63) is 36.7 Å². The minimum atomic E-state index is 0.784. The van der Waals surface area contributed by atoms with Crippen LogP contribution in [0.15, 0.2) is 36.7 Å². The molecule has 1 aromatic rings. The molecule has 0 atom stereocenters. The lowest BCUT2D eigenvalue weighted by atomic mass is 10.1. The summed E-state index contributed by atoms with van der Waals surface area (Å²) >= 11 is 0. The number of methoxy groups -OCH3 is 1. The zero-order valence-electron chi connectivity index (χ0n) is 8.71. The Morgan fingerprint density at radius 3 is 3.00 bits per heavy atom. The molecule has 4 heteroatoms. The quantitative estimate of drug-likeness (QED) is 0.633. The van der Waals surface area contributed by atoms with E-state index in [-0.39, 0.29) is 0 Å². The van der Waals surface area contributed by atoms with E-state index in [1.54, 1.807) is 25.6 Å². The highest BCUT2D eigenvalue weighted by molar-refractivity contribution is 5.97. The monoisotopic (exact) mass is 214 g/mol. The number of hydrogen-bond donors (Lipinski definition) is 1. The van der Waals surface area contributed by atoms with Crippen molar-refractivity contribution in [1.82, 2.24) is 9.71 Å². The van der Waals surface area contributed by atoms with Crippen LogP contribution in [0.2, 0.25) is 0 Å². The van der Waals surface area contributed by atoms with E-state index in [1.165, 1.54) is 0 Å². The first kappa shape index (κ1) is 9.03. The van der Waals surface area contributed by atoms with E-state index >= 15 is 0 Å². The SMILES string of the molecule is COc1ccc2c3cn(O)ccc-3nc2c1. The second kappa shape index (κ2) is 3.13. The molecule has 3 rings (SSSR count). The number of rotatable bonds is 1. The van der Waals surface area contributed by atoms with Gasteiger partial charge in [0.1, 0.15) is 5.75 Å². The molecule has 2 aliphatic heterocycles. The van der Waals surface area contributed by atoms with Crippen molar-refractivity contribution in [1.29, 1.82) is 0 Å². The molecule has 0 amide bonds. The number of aromatic nitrogens is 2. The topological polar surface area (TPSA) is 47.3 Å². The molecule has 0 radical (unpaired) electrons. The Bertz CT molecular complexity index is 630. The first-order valence-electron chi connectivity index (χ1n) is 4.92. The number of hydrogen-bond acceptors (Lipinski definition) is 3. The molecule has 2 heterocycles. The second-order valence-corrected chi connectivity index (χ2v) is 3.62. The van der Waals surface area contributed by atoms with Crippen molar-refractivity contribution < 1.29 is 9.94 Å². The summed E-state index contributed by atoms with van der Waals surface area (Å²) in [7, 11) is 1.63. The fourth-order valence-corrected chi connectivity index (χ4v) is 1.87. The van der Waals surface area contributed by atoms with E-state index in [1.807, 2.05) is 18.2 Å². The molecular weight excluding hydrogens is 204 g/mol. The normalized spacial score (nSPS) is 11.1. The first-order chi connectivity index (χ1) is 7.78. The molecule has 1 aromatic carbocycles.